The molecule has 1 N–H and O–H groups in total. The number of carbonyl (C=O) groups excluding carboxylic acids is 1. The van der Waals surface area contributed by atoms with Crippen LogP contribution in [0.5, 0.6) is 0 Å². The van der Waals surface area contributed by atoms with Crippen LogP contribution in [0.4, 0.5) is 5.82 Å². The molecule has 0 saturated heterocycles. The summed E-state index contributed by atoms with van der Waals surface area (Å²) in [4.78, 5) is 15.3. The number of Topliss-reactive ketones (excluding diaryl/α,β-unsaturated/α-hetero) is 1. The number of ketones is 1. The van der Waals surface area contributed by atoms with Crippen molar-refractivity contribution in [1.82, 2.24) is 14.6 Å². The van der Waals surface area contributed by atoms with E-state index in [1.807, 2.05) is 0 Å². The van der Waals surface area contributed by atoms with Crippen molar-refractivity contribution in [3.05, 3.63) is 53.3 Å². The summed E-state index contributed by atoms with van der Waals surface area (Å²) in [5.74, 6) is -0.0409. The Morgan fingerprint density at radius 3 is 2.74 bits per heavy atom. The lowest BCUT2D eigenvalue weighted by atomic mass is 10.1. The summed E-state index contributed by atoms with van der Waals surface area (Å²) in [5, 5.41) is 4.03. The van der Waals surface area contributed by atoms with Crippen molar-refractivity contribution in [2.75, 3.05) is 4.72 Å². The van der Waals surface area contributed by atoms with Crippen LogP contribution in [0.25, 0.3) is 5.65 Å². The molecule has 3 rings (SSSR count). The molecular weight excluding hydrogens is 340 g/mol. The van der Waals surface area contributed by atoms with E-state index < -0.39 is 10.0 Å². The van der Waals surface area contributed by atoms with Crippen LogP contribution in [0.3, 0.4) is 0 Å². The third-order valence-corrected chi connectivity index (χ3v) is 4.99. The number of rotatable bonds is 4. The predicted molar refractivity (Wildman–Crippen MR) is 85.3 cm³/mol. The van der Waals surface area contributed by atoms with Gasteiger partial charge in [-0.2, -0.15) is 9.61 Å². The Bertz CT molecular complexity index is 1010. The van der Waals surface area contributed by atoms with Crippen LogP contribution in [-0.4, -0.2) is 28.8 Å². The van der Waals surface area contributed by atoms with E-state index in [4.69, 9.17) is 11.6 Å². The lowest BCUT2D eigenvalue weighted by Gasteiger charge is -2.11. The molecule has 0 aliphatic carbocycles. The van der Waals surface area contributed by atoms with Crippen molar-refractivity contribution in [3.8, 4) is 0 Å². The van der Waals surface area contributed by atoms with Gasteiger partial charge in [0.2, 0.25) is 0 Å². The summed E-state index contributed by atoms with van der Waals surface area (Å²) < 4.78 is 28.9. The molecule has 3 aromatic rings. The minimum Gasteiger partial charge on any atom is -0.295 e. The van der Waals surface area contributed by atoms with Crippen LogP contribution in [0.15, 0.2) is 47.6 Å². The van der Waals surface area contributed by atoms with Crippen molar-refractivity contribution in [3.63, 3.8) is 0 Å². The number of aromatic nitrogens is 3. The van der Waals surface area contributed by atoms with Gasteiger partial charge in [0.25, 0.3) is 10.0 Å². The topological polar surface area (TPSA) is 93.4 Å². The summed E-state index contributed by atoms with van der Waals surface area (Å²) in [5.41, 5.74) is 0.752. The zero-order valence-corrected chi connectivity index (χ0v) is 13.5. The molecule has 0 bridgehead atoms. The highest BCUT2D eigenvalue weighted by Crippen LogP contribution is 2.25. The number of hydrogen-bond acceptors (Lipinski definition) is 5. The van der Waals surface area contributed by atoms with E-state index in [1.165, 1.54) is 48.1 Å². The largest absolute Gasteiger partial charge is 0.295 e. The molecule has 118 valence electrons. The minimum absolute atomic E-state index is 0.0215. The molecule has 0 amide bonds. The Balaban J connectivity index is 2.07. The summed E-state index contributed by atoms with van der Waals surface area (Å²) in [6, 6.07) is 7.21. The fourth-order valence-electron chi connectivity index (χ4n) is 2.03. The fraction of sp³-hybridized carbons (Fsp3) is 0.0714. The number of fused-ring (bicyclic) bond motifs is 1. The van der Waals surface area contributed by atoms with Crippen molar-refractivity contribution in [1.29, 1.82) is 0 Å². The molecule has 0 atom stereocenters. The monoisotopic (exact) mass is 350 g/mol. The van der Waals surface area contributed by atoms with Crippen LogP contribution in [-0.2, 0) is 10.0 Å². The zero-order chi connectivity index (χ0) is 16.6. The van der Waals surface area contributed by atoms with E-state index in [0.29, 0.717) is 5.65 Å². The first-order valence-corrected chi connectivity index (χ1v) is 8.37. The van der Waals surface area contributed by atoms with E-state index in [0.717, 1.165) is 0 Å². The Hall–Kier alpha value is -2.45. The second kappa shape index (κ2) is 5.64. The molecule has 0 spiro atoms. The van der Waals surface area contributed by atoms with Gasteiger partial charge in [0.15, 0.2) is 11.4 Å². The van der Waals surface area contributed by atoms with Crippen molar-refractivity contribution in [2.45, 2.75) is 11.8 Å². The fourth-order valence-corrected chi connectivity index (χ4v) is 3.60. The first-order valence-electron chi connectivity index (χ1n) is 6.50. The van der Waals surface area contributed by atoms with Gasteiger partial charge in [-0.05, 0) is 31.2 Å². The van der Waals surface area contributed by atoms with Gasteiger partial charge in [0.05, 0.1) is 11.2 Å². The average molecular weight is 351 g/mol. The standard InChI is InChI=1S/C14H11ClN4O3S/c1-9(20)10-2-3-11(15)12(8-10)23(21,22)18-14-4-6-16-13-5-7-17-19(13)14/h2-8,18H,1H3. The summed E-state index contributed by atoms with van der Waals surface area (Å²) in [6.45, 7) is 1.35. The van der Waals surface area contributed by atoms with Gasteiger partial charge in [-0.15, -0.1) is 0 Å². The van der Waals surface area contributed by atoms with Gasteiger partial charge in [-0.25, -0.2) is 13.4 Å². The molecule has 2 heterocycles. The molecule has 9 heteroatoms. The highest BCUT2D eigenvalue weighted by Gasteiger charge is 2.21. The number of anilines is 1. The lowest BCUT2D eigenvalue weighted by Crippen LogP contribution is -2.16. The maximum atomic E-state index is 12.6. The maximum absolute atomic E-state index is 12.6. The Kier molecular flexibility index (Phi) is 3.78. The van der Waals surface area contributed by atoms with Gasteiger partial charge in [0.1, 0.15) is 10.7 Å². The lowest BCUT2D eigenvalue weighted by molar-refractivity contribution is 0.101. The van der Waals surface area contributed by atoms with Crippen LogP contribution >= 0.6 is 11.6 Å². The predicted octanol–water partition coefficient (Wildman–Crippen LogP) is 2.39. The molecule has 0 aliphatic heterocycles. The Morgan fingerprint density at radius 2 is 2.00 bits per heavy atom. The third-order valence-electron chi connectivity index (χ3n) is 3.16. The van der Waals surface area contributed by atoms with E-state index >= 15 is 0 Å². The van der Waals surface area contributed by atoms with Gasteiger partial charge < -0.3 is 0 Å². The number of nitrogens with zero attached hydrogens (tertiary/aromatic N) is 3. The first-order chi connectivity index (χ1) is 10.9. The van der Waals surface area contributed by atoms with Crippen molar-refractivity contribution in [2.24, 2.45) is 0 Å². The highest BCUT2D eigenvalue weighted by atomic mass is 35.5. The third kappa shape index (κ3) is 2.90. The number of sulfonamides is 1. The smallest absolute Gasteiger partial charge is 0.264 e. The second-order valence-corrected chi connectivity index (χ2v) is 6.80. The van der Waals surface area contributed by atoms with Gasteiger partial charge >= 0.3 is 0 Å². The number of nitrogens with one attached hydrogen (secondary N) is 1. The SMILES string of the molecule is CC(=O)c1ccc(Cl)c(S(=O)(=O)Nc2ccnc3ccnn23)c1. The van der Waals surface area contributed by atoms with Crippen LogP contribution in [0, 0.1) is 0 Å². The number of carbonyl (C=O) groups is 1. The Labute approximate surface area is 137 Å². The van der Waals surface area contributed by atoms with E-state index in [1.54, 1.807) is 6.07 Å². The summed E-state index contributed by atoms with van der Waals surface area (Å²) >= 11 is 5.98. The maximum Gasteiger partial charge on any atom is 0.264 e. The number of benzene rings is 1. The first kappa shape index (κ1) is 15.4. The molecule has 0 aliphatic rings. The molecular formula is C14H11ClN4O3S. The van der Waals surface area contributed by atoms with E-state index in [-0.39, 0.29) is 27.1 Å². The quantitative estimate of drug-likeness (QED) is 0.729. The van der Waals surface area contributed by atoms with Crippen LogP contribution < -0.4 is 4.72 Å². The Morgan fingerprint density at radius 1 is 1.22 bits per heavy atom. The number of hydrogen-bond donors (Lipinski definition) is 1. The summed E-state index contributed by atoms with van der Waals surface area (Å²) in [7, 11) is -3.99. The van der Waals surface area contributed by atoms with E-state index in [9.17, 15) is 13.2 Å². The van der Waals surface area contributed by atoms with E-state index in [2.05, 4.69) is 14.8 Å². The molecule has 0 saturated carbocycles. The normalized spacial score (nSPS) is 11.6. The summed E-state index contributed by atoms with van der Waals surface area (Å²) in [6.07, 6.45) is 2.96. The average Bonchev–Trinajstić information content (AvgIpc) is 2.96. The molecule has 0 unspecified atom stereocenters. The zero-order valence-electron chi connectivity index (χ0n) is 11.9. The van der Waals surface area contributed by atoms with Crippen LogP contribution in [0.2, 0.25) is 5.02 Å². The minimum atomic E-state index is -3.99. The molecule has 0 fully saturated rings. The van der Waals surface area contributed by atoms with Crippen molar-refractivity contribution < 1.29 is 13.2 Å². The van der Waals surface area contributed by atoms with Gasteiger partial charge in [-0.3, -0.25) is 9.52 Å². The second-order valence-electron chi connectivity index (χ2n) is 4.74. The van der Waals surface area contributed by atoms with Gasteiger partial charge in [0, 0.05) is 17.8 Å². The molecule has 1 aromatic carbocycles. The van der Waals surface area contributed by atoms with Crippen LogP contribution in [0.1, 0.15) is 17.3 Å². The molecule has 2 aromatic heterocycles. The molecule has 0 radical (unpaired) electrons. The highest BCUT2D eigenvalue weighted by molar-refractivity contribution is 7.92. The number of halogens is 1. The van der Waals surface area contributed by atoms with Gasteiger partial charge in [-0.1, -0.05) is 11.6 Å². The van der Waals surface area contributed by atoms with Crippen molar-refractivity contribution >= 4 is 38.9 Å². The molecule has 23 heavy (non-hydrogen) atoms. The molecule has 7 nitrogen and oxygen atoms in total.